The molecule has 0 N–H and O–H groups in total. The second kappa shape index (κ2) is 17.3. The summed E-state index contributed by atoms with van der Waals surface area (Å²) in [5, 5.41) is 7.26. The molecular formula is C62H59IrN3O-2. The Morgan fingerprint density at radius 3 is 2.18 bits per heavy atom. The van der Waals surface area contributed by atoms with Crippen molar-refractivity contribution in [3.8, 4) is 28.3 Å². The Hall–Kier alpha value is -5.87. The molecular weight excluding hydrogens is 995 g/mol. The second-order valence-corrected chi connectivity index (χ2v) is 20.4. The minimum Gasteiger partial charge on any atom is -0.500 e. The fourth-order valence-corrected chi connectivity index (χ4v) is 11.2. The van der Waals surface area contributed by atoms with Gasteiger partial charge in [0.25, 0.3) is 0 Å². The monoisotopic (exact) mass is 1060 g/mol. The molecule has 10 aromatic rings. The molecule has 0 amide bonds. The molecule has 4 nitrogen and oxygen atoms in total. The summed E-state index contributed by atoms with van der Waals surface area (Å²) in [6.45, 7) is 18.4. The predicted molar refractivity (Wildman–Crippen MR) is 276 cm³/mol. The topological polar surface area (TPSA) is 43.9 Å². The SMILES string of the molecule is CC(C)c1cccc(C(C)C)c1-n1c(-c2[c-]cccc2)nc2ccccc21.[2H]C1(c2ccc3c(ccc4c3ccc3oc5c[c-]c6c(c5c34)C(C)(C)C(C)(C)c3cccnc3-6)c2)CCCCC1.[Ir]. The van der Waals surface area contributed by atoms with Gasteiger partial charge in [-0.3, -0.25) is 4.98 Å². The maximum atomic E-state index is 9.17. The van der Waals surface area contributed by atoms with Gasteiger partial charge in [0.1, 0.15) is 5.58 Å². The van der Waals surface area contributed by atoms with Gasteiger partial charge in [0, 0.05) is 38.7 Å². The Morgan fingerprint density at radius 2 is 1.43 bits per heavy atom. The van der Waals surface area contributed by atoms with Crippen LogP contribution in [0.25, 0.3) is 82.8 Å². The number of benzene rings is 7. The van der Waals surface area contributed by atoms with Gasteiger partial charge in [-0.1, -0.05) is 158 Å². The van der Waals surface area contributed by atoms with Gasteiger partial charge in [-0.05, 0) is 110 Å². The van der Waals surface area contributed by atoms with Crippen molar-refractivity contribution in [2.45, 2.75) is 116 Å². The first kappa shape index (κ1) is 43.7. The molecule has 0 aliphatic heterocycles. The maximum Gasteiger partial charge on any atom is 0.121 e. The standard InChI is InChI=1S/C37H34NO.C25H25N2.Ir/c1-36(2)29-11-8-20-38-35(29)28-17-19-31-33(34(28)37(36,3)4)32-27-15-13-24-21-23(22-9-6-5-7-10-22)12-14-25(24)26(27)16-18-30(32)39-31;1-17(2)20-13-10-14-21(18(3)4)24(20)27-23-16-9-8-15-22(23)26-25(27)19-11-6-5-7-12-19;/h8,11-16,18-22H,5-7,9-10H2,1-4H3;5-11,13-18H,1-4H3;/q2*-1;/i22D;;. The number of hydrogen-bond donors (Lipinski definition) is 0. The van der Waals surface area contributed by atoms with Crippen LogP contribution >= 0.6 is 0 Å². The van der Waals surface area contributed by atoms with E-state index in [9.17, 15) is 0 Å². The van der Waals surface area contributed by atoms with E-state index in [2.05, 4.69) is 169 Å². The zero-order valence-electron chi connectivity index (χ0n) is 41.0. The van der Waals surface area contributed by atoms with Crippen LogP contribution < -0.4 is 0 Å². The van der Waals surface area contributed by atoms with E-state index in [4.69, 9.17) is 15.8 Å². The Bertz CT molecular complexity index is 3510. The molecule has 0 atom stereocenters. The molecule has 1 fully saturated rings. The first-order chi connectivity index (χ1) is 32.3. The summed E-state index contributed by atoms with van der Waals surface area (Å²) in [6.07, 6.45) is 7.37. The van der Waals surface area contributed by atoms with Crippen molar-refractivity contribution in [1.29, 1.82) is 0 Å². The van der Waals surface area contributed by atoms with Crippen LogP contribution in [0.15, 0.2) is 138 Å². The van der Waals surface area contributed by atoms with Crippen molar-refractivity contribution in [2.24, 2.45) is 0 Å². The number of fused-ring (bicyclic) bond motifs is 12. The number of hydrogen-bond acceptors (Lipinski definition) is 3. The quantitative estimate of drug-likeness (QED) is 0.127. The van der Waals surface area contributed by atoms with Crippen LogP contribution in [0.2, 0.25) is 0 Å². The van der Waals surface area contributed by atoms with E-state index in [1.807, 2.05) is 36.5 Å². The Labute approximate surface area is 410 Å². The first-order valence-electron chi connectivity index (χ1n) is 24.6. The van der Waals surface area contributed by atoms with Gasteiger partial charge >= 0.3 is 0 Å². The van der Waals surface area contributed by atoms with Crippen LogP contribution in [0.4, 0.5) is 0 Å². The molecule has 3 aromatic heterocycles. The van der Waals surface area contributed by atoms with E-state index >= 15 is 0 Å². The molecule has 0 unspecified atom stereocenters. The minimum atomic E-state index is -0.454. The molecule has 7 aromatic carbocycles. The van der Waals surface area contributed by atoms with Crippen molar-refractivity contribution >= 4 is 54.5 Å². The molecule has 67 heavy (non-hydrogen) atoms. The maximum absolute atomic E-state index is 9.17. The Balaban J connectivity index is 0.000000169. The molecule has 1 saturated carbocycles. The summed E-state index contributed by atoms with van der Waals surface area (Å²) in [6, 6.07) is 52.0. The summed E-state index contributed by atoms with van der Waals surface area (Å²) in [4.78, 5) is 9.86. The first-order valence-corrected chi connectivity index (χ1v) is 24.1. The van der Waals surface area contributed by atoms with Gasteiger partial charge in [-0.25, -0.2) is 0 Å². The summed E-state index contributed by atoms with van der Waals surface area (Å²) in [5.41, 5.74) is 14.4. The van der Waals surface area contributed by atoms with E-state index in [0.717, 1.165) is 76.1 Å². The molecule has 339 valence electrons. The van der Waals surface area contributed by atoms with Crippen LogP contribution in [0.3, 0.4) is 0 Å². The van der Waals surface area contributed by atoms with Crippen molar-refractivity contribution in [3.05, 3.63) is 174 Å². The zero-order valence-corrected chi connectivity index (χ0v) is 42.4. The van der Waals surface area contributed by atoms with E-state index in [1.54, 1.807) is 0 Å². The van der Waals surface area contributed by atoms with Crippen LogP contribution in [0.5, 0.6) is 0 Å². The zero-order chi connectivity index (χ0) is 46.4. The van der Waals surface area contributed by atoms with Gasteiger partial charge in [-0.2, -0.15) is 0 Å². The third-order valence-electron chi connectivity index (χ3n) is 15.4. The number of para-hydroxylation sites is 3. The van der Waals surface area contributed by atoms with Crippen LogP contribution in [0, 0.1) is 12.1 Å². The third kappa shape index (κ3) is 7.27. The molecule has 0 bridgehead atoms. The second-order valence-electron chi connectivity index (χ2n) is 20.4. The van der Waals surface area contributed by atoms with Crippen LogP contribution in [-0.4, -0.2) is 14.5 Å². The number of imidazole rings is 1. The fraction of sp³-hybridized carbons (Fsp3) is 0.290. The number of rotatable bonds is 5. The molecule has 12 rings (SSSR count). The number of pyridine rings is 1. The molecule has 1 radical (unpaired) electrons. The predicted octanol–water partition coefficient (Wildman–Crippen LogP) is 17.1. The molecule has 3 heterocycles. The average Bonchev–Trinajstić information content (AvgIpc) is 3.92. The molecule has 0 saturated heterocycles. The van der Waals surface area contributed by atoms with Crippen molar-refractivity contribution in [2.75, 3.05) is 0 Å². The van der Waals surface area contributed by atoms with Gasteiger partial charge in [-0.15, -0.1) is 59.2 Å². The van der Waals surface area contributed by atoms with Crippen LogP contribution in [-0.2, 0) is 30.9 Å². The van der Waals surface area contributed by atoms with E-state index in [-0.39, 0.29) is 30.9 Å². The Kier molecular flexibility index (Phi) is 11.3. The summed E-state index contributed by atoms with van der Waals surface area (Å²) < 4.78 is 18.0. The summed E-state index contributed by atoms with van der Waals surface area (Å²) in [5.74, 6) is 1.34. The van der Waals surface area contributed by atoms with E-state index < -0.39 is 5.89 Å². The molecule has 2 aliphatic rings. The summed E-state index contributed by atoms with van der Waals surface area (Å²) >= 11 is 0. The number of nitrogens with zero attached hydrogens (tertiary/aromatic N) is 3. The largest absolute Gasteiger partial charge is 0.500 e. The molecule has 0 spiro atoms. The average molecular weight is 1060 g/mol. The smallest absolute Gasteiger partial charge is 0.121 e. The third-order valence-corrected chi connectivity index (χ3v) is 15.4. The van der Waals surface area contributed by atoms with Gasteiger partial charge < -0.3 is 14.0 Å². The van der Waals surface area contributed by atoms with Crippen molar-refractivity contribution < 1.29 is 25.9 Å². The molecule has 2 aliphatic carbocycles. The van der Waals surface area contributed by atoms with E-state index in [1.165, 1.54) is 66.7 Å². The van der Waals surface area contributed by atoms with Crippen molar-refractivity contribution in [3.63, 3.8) is 0 Å². The molecule has 5 heteroatoms. The summed E-state index contributed by atoms with van der Waals surface area (Å²) in [7, 11) is 0. The fourth-order valence-electron chi connectivity index (χ4n) is 11.2. The van der Waals surface area contributed by atoms with Gasteiger partial charge in [0.05, 0.1) is 22.4 Å². The Morgan fingerprint density at radius 1 is 0.701 bits per heavy atom. The van der Waals surface area contributed by atoms with Crippen LogP contribution in [0.1, 0.15) is 134 Å². The van der Waals surface area contributed by atoms with Gasteiger partial charge in [0.15, 0.2) is 0 Å². The van der Waals surface area contributed by atoms with Crippen molar-refractivity contribution in [1.82, 2.24) is 14.5 Å². The number of furan rings is 1. The van der Waals surface area contributed by atoms with E-state index in [0.29, 0.717) is 11.8 Å². The minimum absolute atomic E-state index is 0. The normalized spacial score (nSPS) is 16.2. The number of aromatic nitrogens is 3. The van der Waals surface area contributed by atoms with Gasteiger partial charge in [0.2, 0.25) is 0 Å².